The molecule has 0 heterocycles. The van der Waals surface area contributed by atoms with E-state index in [1.54, 1.807) is 6.08 Å². The smallest absolute Gasteiger partial charge is 0.320 e. The van der Waals surface area contributed by atoms with Gasteiger partial charge in [-0.15, -0.1) is 6.58 Å². The van der Waals surface area contributed by atoms with Crippen LogP contribution >= 0.6 is 0 Å². The number of carboxylic acid groups (broad SMARTS) is 2. The molecule has 0 amide bonds. The Hall–Kier alpha value is -2.18. The van der Waals surface area contributed by atoms with Gasteiger partial charge in [0.1, 0.15) is 6.04 Å². The normalized spacial score (nSPS) is 9.95. The Morgan fingerprint density at radius 2 is 1.70 bits per heavy atom. The number of allylic oxidation sites excluding steroid dienone is 1. The third kappa shape index (κ3) is 13.9. The van der Waals surface area contributed by atoms with Crippen molar-refractivity contribution >= 4 is 11.9 Å². The Morgan fingerprint density at radius 1 is 1.30 bits per heavy atom. The lowest BCUT2D eigenvalue weighted by atomic mass is 10.1. The Balaban J connectivity index is 0. The van der Waals surface area contributed by atoms with Crippen LogP contribution in [0.1, 0.15) is 12.5 Å². The summed E-state index contributed by atoms with van der Waals surface area (Å²) in [7, 11) is 0. The summed E-state index contributed by atoms with van der Waals surface area (Å²) in [6, 6.07) is 8.54. The molecular formula is C14H22N2O4. The highest BCUT2D eigenvalue weighted by molar-refractivity contribution is 5.73. The SMILES string of the molecule is C=CC.NCC(=O)O.N[C@@H](Cc1ccccc1)C(=O)O. The monoisotopic (exact) mass is 282 g/mol. The topological polar surface area (TPSA) is 127 Å². The third-order valence-corrected chi connectivity index (χ3v) is 1.79. The molecule has 0 aliphatic heterocycles. The highest BCUT2D eigenvalue weighted by Crippen LogP contribution is 2.01. The zero-order valence-corrected chi connectivity index (χ0v) is 11.5. The van der Waals surface area contributed by atoms with Gasteiger partial charge in [0.25, 0.3) is 0 Å². The Kier molecular flexibility index (Phi) is 13.4. The van der Waals surface area contributed by atoms with E-state index in [-0.39, 0.29) is 6.54 Å². The van der Waals surface area contributed by atoms with E-state index in [0.717, 1.165) is 5.56 Å². The molecule has 1 atom stereocenters. The second-order valence-electron chi connectivity index (χ2n) is 3.64. The molecule has 1 aromatic carbocycles. The van der Waals surface area contributed by atoms with E-state index in [1.165, 1.54) is 0 Å². The van der Waals surface area contributed by atoms with Crippen LogP contribution in [0.5, 0.6) is 0 Å². The summed E-state index contributed by atoms with van der Waals surface area (Å²) < 4.78 is 0. The maximum atomic E-state index is 10.4. The van der Waals surface area contributed by atoms with Gasteiger partial charge in [-0.25, -0.2) is 0 Å². The highest BCUT2D eigenvalue weighted by Gasteiger charge is 2.10. The van der Waals surface area contributed by atoms with Gasteiger partial charge in [-0.2, -0.15) is 0 Å². The lowest BCUT2D eigenvalue weighted by Crippen LogP contribution is -2.32. The zero-order chi connectivity index (χ0) is 16.0. The standard InChI is InChI=1S/C9H11NO2.C3H6.C2H5NO2/c10-8(9(11)12)6-7-4-2-1-3-5-7;1-3-2;3-1-2(4)5/h1-5,8H,6,10H2,(H,11,12);3H,1H2,2H3;1,3H2,(H,4,5)/t8-;;/m0../s1. The van der Waals surface area contributed by atoms with Crippen LogP contribution in [0.2, 0.25) is 0 Å². The van der Waals surface area contributed by atoms with Gasteiger partial charge in [0.2, 0.25) is 0 Å². The zero-order valence-electron chi connectivity index (χ0n) is 11.5. The predicted molar refractivity (Wildman–Crippen MR) is 78.3 cm³/mol. The van der Waals surface area contributed by atoms with Crippen molar-refractivity contribution in [1.82, 2.24) is 0 Å². The van der Waals surface area contributed by atoms with Crippen molar-refractivity contribution in [2.75, 3.05) is 6.54 Å². The molecule has 1 rings (SSSR count). The first-order valence-electron chi connectivity index (χ1n) is 5.90. The van der Waals surface area contributed by atoms with Crippen molar-refractivity contribution in [2.24, 2.45) is 11.5 Å². The van der Waals surface area contributed by atoms with Crippen molar-refractivity contribution in [1.29, 1.82) is 0 Å². The van der Waals surface area contributed by atoms with Gasteiger partial charge < -0.3 is 21.7 Å². The molecule has 0 fully saturated rings. The van der Waals surface area contributed by atoms with E-state index in [2.05, 4.69) is 12.3 Å². The molecule has 0 spiro atoms. The van der Waals surface area contributed by atoms with Crippen LogP contribution in [0.4, 0.5) is 0 Å². The summed E-state index contributed by atoms with van der Waals surface area (Å²) >= 11 is 0. The van der Waals surface area contributed by atoms with Crippen molar-refractivity contribution in [3.05, 3.63) is 48.6 Å². The maximum Gasteiger partial charge on any atom is 0.320 e. The summed E-state index contributed by atoms with van der Waals surface area (Å²) in [5.41, 5.74) is 10.9. The summed E-state index contributed by atoms with van der Waals surface area (Å²) in [6.07, 6.45) is 2.14. The van der Waals surface area contributed by atoms with Crippen LogP contribution in [0.3, 0.4) is 0 Å². The minimum atomic E-state index is -0.968. The lowest BCUT2D eigenvalue weighted by Gasteiger charge is -2.04. The second-order valence-corrected chi connectivity index (χ2v) is 3.64. The quantitative estimate of drug-likeness (QED) is 0.607. The number of benzene rings is 1. The minimum Gasteiger partial charge on any atom is -0.480 e. The second kappa shape index (κ2) is 13.3. The lowest BCUT2D eigenvalue weighted by molar-refractivity contribution is -0.138. The highest BCUT2D eigenvalue weighted by atomic mass is 16.4. The van der Waals surface area contributed by atoms with Crippen LogP contribution in [-0.4, -0.2) is 34.7 Å². The molecule has 112 valence electrons. The van der Waals surface area contributed by atoms with E-state index in [4.69, 9.17) is 15.9 Å². The van der Waals surface area contributed by atoms with Crippen LogP contribution in [0.15, 0.2) is 43.0 Å². The third-order valence-electron chi connectivity index (χ3n) is 1.79. The van der Waals surface area contributed by atoms with Crippen molar-refractivity contribution < 1.29 is 19.8 Å². The largest absolute Gasteiger partial charge is 0.480 e. The van der Waals surface area contributed by atoms with Gasteiger partial charge in [-0.05, 0) is 18.9 Å². The number of hydrogen-bond acceptors (Lipinski definition) is 4. The molecule has 0 bridgehead atoms. The number of hydrogen-bond donors (Lipinski definition) is 4. The van der Waals surface area contributed by atoms with Crippen molar-refractivity contribution in [2.45, 2.75) is 19.4 Å². The summed E-state index contributed by atoms with van der Waals surface area (Å²) in [5.74, 6) is -1.93. The number of carboxylic acids is 2. The molecule has 0 saturated heterocycles. The number of nitrogens with two attached hydrogens (primary N) is 2. The molecule has 0 aliphatic carbocycles. The maximum absolute atomic E-state index is 10.4. The Morgan fingerprint density at radius 3 is 2.00 bits per heavy atom. The van der Waals surface area contributed by atoms with Crippen LogP contribution in [-0.2, 0) is 16.0 Å². The van der Waals surface area contributed by atoms with E-state index in [1.807, 2.05) is 37.3 Å². The van der Waals surface area contributed by atoms with E-state index < -0.39 is 18.0 Å². The molecule has 0 aromatic heterocycles. The molecule has 0 radical (unpaired) electrons. The molecule has 6 N–H and O–H groups in total. The Labute approximate surface area is 118 Å². The fraction of sp³-hybridized carbons (Fsp3) is 0.286. The first-order chi connectivity index (χ1) is 9.38. The van der Waals surface area contributed by atoms with Crippen LogP contribution in [0.25, 0.3) is 0 Å². The predicted octanol–water partition coefficient (Wildman–Crippen LogP) is 0.863. The summed E-state index contributed by atoms with van der Waals surface area (Å²) in [4.78, 5) is 19.6. The van der Waals surface area contributed by atoms with Crippen LogP contribution < -0.4 is 11.5 Å². The van der Waals surface area contributed by atoms with Crippen molar-refractivity contribution in [3.8, 4) is 0 Å². The summed E-state index contributed by atoms with van der Waals surface area (Å²) in [6.45, 7) is 4.97. The van der Waals surface area contributed by atoms with Gasteiger partial charge in [0.15, 0.2) is 0 Å². The van der Waals surface area contributed by atoms with Gasteiger partial charge in [-0.3, -0.25) is 9.59 Å². The van der Waals surface area contributed by atoms with Crippen LogP contribution in [0, 0.1) is 0 Å². The molecule has 1 aromatic rings. The molecule has 6 nitrogen and oxygen atoms in total. The Bertz CT molecular complexity index is 393. The number of carbonyl (C=O) groups is 2. The summed E-state index contributed by atoms with van der Waals surface area (Å²) in [5, 5.41) is 16.1. The fourth-order valence-electron chi connectivity index (χ4n) is 0.955. The molecule has 0 aliphatic rings. The first-order valence-corrected chi connectivity index (χ1v) is 5.90. The molecular weight excluding hydrogens is 260 g/mol. The molecule has 6 heteroatoms. The minimum absolute atomic E-state index is 0.278. The van der Waals surface area contributed by atoms with Gasteiger partial charge in [-0.1, -0.05) is 36.4 Å². The molecule has 0 saturated carbocycles. The van der Waals surface area contributed by atoms with E-state index >= 15 is 0 Å². The average molecular weight is 282 g/mol. The van der Waals surface area contributed by atoms with Gasteiger partial charge in [0.05, 0.1) is 6.54 Å². The van der Waals surface area contributed by atoms with Gasteiger partial charge >= 0.3 is 11.9 Å². The van der Waals surface area contributed by atoms with E-state index in [0.29, 0.717) is 6.42 Å². The number of rotatable bonds is 4. The first kappa shape index (κ1) is 20.1. The van der Waals surface area contributed by atoms with Gasteiger partial charge in [0, 0.05) is 0 Å². The molecule has 0 unspecified atom stereocenters. The average Bonchev–Trinajstić information content (AvgIpc) is 2.41. The fourth-order valence-corrected chi connectivity index (χ4v) is 0.955. The molecule has 20 heavy (non-hydrogen) atoms. The van der Waals surface area contributed by atoms with E-state index in [9.17, 15) is 9.59 Å². The van der Waals surface area contributed by atoms with Crippen molar-refractivity contribution in [3.63, 3.8) is 0 Å². The number of aliphatic carboxylic acids is 2.